The fraction of sp³-hybridized carbons (Fsp3) is 0.714. The third kappa shape index (κ3) is 3.04. The van der Waals surface area contributed by atoms with Crippen molar-refractivity contribution in [2.24, 2.45) is 0 Å². The minimum atomic E-state index is -4.41. The van der Waals surface area contributed by atoms with Crippen molar-refractivity contribution in [2.75, 3.05) is 17.3 Å². The van der Waals surface area contributed by atoms with E-state index < -0.39 is 11.2 Å². The molecule has 0 bridgehead atoms. The normalized spacial score (nSPS) is 14.0. The number of alkyl halides is 4. The van der Waals surface area contributed by atoms with Crippen molar-refractivity contribution in [1.29, 1.82) is 0 Å². The van der Waals surface area contributed by atoms with E-state index in [0.29, 0.717) is 16.7 Å². The van der Waals surface area contributed by atoms with Gasteiger partial charge in [-0.25, -0.2) is 0 Å². The number of aromatic nitrogens is 2. The Balaban J connectivity index is 2.85. The molecule has 86 valence electrons. The van der Waals surface area contributed by atoms with Crippen molar-refractivity contribution in [3.05, 3.63) is 5.01 Å². The van der Waals surface area contributed by atoms with Crippen LogP contribution >= 0.6 is 27.3 Å². The molecule has 1 heterocycles. The highest BCUT2D eigenvalue weighted by Gasteiger charge is 2.36. The number of anilines is 1. The summed E-state index contributed by atoms with van der Waals surface area (Å²) in [7, 11) is 1.69. The predicted octanol–water partition coefficient (Wildman–Crippen LogP) is 2.78. The molecule has 1 unspecified atom stereocenters. The van der Waals surface area contributed by atoms with Crippen molar-refractivity contribution in [3.8, 4) is 0 Å². The van der Waals surface area contributed by atoms with Gasteiger partial charge in [-0.2, -0.15) is 13.2 Å². The maximum absolute atomic E-state index is 12.2. The smallest absolute Gasteiger partial charge is 0.346 e. The van der Waals surface area contributed by atoms with Crippen LogP contribution in [0, 0.1) is 0 Å². The zero-order valence-electron chi connectivity index (χ0n) is 8.05. The van der Waals surface area contributed by atoms with Gasteiger partial charge in [-0.15, -0.1) is 10.2 Å². The van der Waals surface area contributed by atoms with Crippen LogP contribution in [0.25, 0.3) is 0 Å². The van der Waals surface area contributed by atoms with Crippen LogP contribution in [0.4, 0.5) is 18.3 Å². The molecule has 0 saturated carbocycles. The van der Waals surface area contributed by atoms with E-state index in [-0.39, 0.29) is 11.2 Å². The minimum absolute atomic E-state index is 0.0685. The number of hydrogen-bond donors (Lipinski definition) is 0. The van der Waals surface area contributed by atoms with E-state index in [0.717, 1.165) is 0 Å². The molecule has 1 aromatic rings. The van der Waals surface area contributed by atoms with E-state index in [2.05, 4.69) is 26.1 Å². The Morgan fingerprint density at radius 1 is 1.47 bits per heavy atom. The number of nitrogens with zero attached hydrogens (tertiary/aromatic N) is 3. The summed E-state index contributed by atoms with van der Waals surface area (Å²) in [5, 5.41) is 6.64. The van der Waals surface area contributed by atoms with Crippen LogP contribution in [0.5, 0.6) is 0 Å². The van der Waals surface area contributed by atoms with Gasteiger partial charge in [0.15, 0.2) is 0 Å². The van der Waals surface area contributed by atoms with E-state index >= 15 is 0 Å². The van der Waals surface area contributed by atoms with Gasteiger partial charge in [0.2, 0.25) is 10.1 Å². The molecular formula is C7H9BrF3N3S. The third-order valence-corrected chi connectivity index (χ3v) is 3.84. The van der Waals surface area contributed by atoms with Gasteiger partial charge in [-0.1, -0.05) is 27.3 Å². The van der Waals surface area contributed by atoms with Crippen molar-refractivity contribution in [1.82, 2.24) is 10.2 Å². The monoisotopic (exact) mass is 303 g/mol. The Morgan fingerprint density at radius 3 is 2.47 bits per heavy atom. The molecule has 1 aromatic heterocycles. The molecule has 0 aliphatic heterocycles. The molecule has 0 spiro atoms. The first-order valence-corrected chi connectivity index (χ1v) is 5.99. The second kappa shape index (κ2) is 4.65. The van der Waals surface area contributed by atoms with Crippen molar-refractivity contribution in [2.45, 2.75) is 19.1 Å². The molecule has 1 rings (SSSR count). The second-order valence-electron chi connectivity index (χ2n) is 3.00. The highest BCUT2D eigenvalue weighted by Crippen LogP contribution is 2.34. The summed E-state index contributed by atoms with van der Waals surface area (Å²) in [5.41, 5.74) is 0. The molecule has 0 aliphatic rings. The second-order valence-corrected chi connectivity index (χ2v) is 4.61. The van der Waals surface area contributed by atoms with Gasteiger partial charge in [0, 0.05) is 18.4 Å². The largest absolute Gasteiger partial charge is 0.445 e. The van der Waals surface area contributed by atoms with E-state index in [1.54, 1.807) is 11.9 Å². The molecule has 15 heavy (non-hydrogen) atoms. The number of halogens is 4. The number of rotatable bonds is 3. The topological polar surface area (TPSA) is 29.0 Å². The van der Waals surface area contributed by atoms with Crippen molar-refractivity contribution >= 4 is 32.4 Å². The van der Waals surface area contributed by atoms with Gasteiger partial charge < -0.3 is 4.90 Å². The molecular weight excluding hydrogens is 295 g/mol. The summed E-state index contributed by atoms with van der Waals surface area (Å²) in [6, 6.07) is 0.0685. The van der Waals surface area contributed by atoms with Gasteiger partial charge in [-0.3, -0.25) is 0 Å². The lowest BCUT2D eigenvalue weighted by molar-refractivity contribution is -0.138. The lowest BCUT2D eigenvalue weighted by Crippen LogP contribution is -2.29. The van der Waals surface area contributed by atoms with Gasteiger partial charge in [0.25, 0.3) is 0 Å². The van der Waals surface area contributed by atoms with E-state index in [9.17, 15) is 13.2 Å². The SMILES string of the molecule is CC(CBr)N(C)c1nnc(C(F)(F)F)s1. The average Bonchev–Trinajstić information content (AvgIpc) is 2.63. The fourth-order valence-electron chi connectivity index (χ4n) is 0.765. The predicted molar refractivity (Wildman–Crippen MR) is 56.6 cm³/mol. The van der Waals surface area contributed by atoms with Crippen LogP contribution in [0.3, 0.4) is 0 Å². The fourth-order valence-corrected chi connectivity index (χ4v) is 1.97. The quantitative estimate of drug-likeness (QED) is 0.804. The van der Waals surface area contributed by atoms with Gasteiger partial charge in [0.05, 0.1) is 0 Å². The van der Waals surface area contributed by atoms with E-state index in [1.807, 2.05) is 6.92 Å². The average molecular weight is 304 g/mol. The molecule has 1 atom stereocenters. The highest BCUT2D eigenvalue weighted by molar-refractivity contribution is 9.09. The Bertz CT molecular complexity index is 328. The molecule has 0 aromatic carbocycles. The molecule has 0 amide bonds. The molecule has 0 N–H and O–H groups in total. The van der Waals surface area contributed by atoms with Crippen LogP contribution in [-0.2, 0) is 6.18 Å². The van der Waals surface area contributed by atoms with Gasteiger partial charge in [0.1, 0.15) is 0 Å². The number of hydrogen-bond acceptors (Lipinski definition) is 4. The van der Waals surface area contributed by atoms with E-state index in [4.69, 9.17) is 0 Å². The van der Waals surface area contributed by atoms with Gasteiger partial charge in [-0.05, 0) is 6.92 Å². The Labute approximate surface area is 97.4 Å². The summed E-state index contributed by atoms with van der Waals surface area (Å²) < 4.78 is 36.7. The summed E-state index contributed by atoms with van der Waals surface area (Å²) in [6.07, 6.45) is -4.41. The standard InChI is InChI=1S/C7H9BrF3N3S/c1-4(3-8)14(2)6-13-12-5(15-6)7(9,10)11/h4H,3H2,1-2H3. The molecule has 0 aliphatic carbocycles. The summed E-state index contributed by atoms with van der Waals surface area (Å²) in [4.78, 5) is 1.65. The molecule has 0 fully saturated rings. The first-order chi connectivity index (χ1) is 6.86. The minimum Gasteiger partial charge on any atom is -0.346 e. The van der Waals surface area contributed by atoms with Crippen molar-refractivity contribution < 1.29 is 13.2 Å². The highest BCUT2D eigenvalue weighted by atomic mass is 79.9. The van der Waals surface area contributed by atoms with Crippen LogP contribution in [0.15, 0.2) is 0 Å². The van der Waals surface area contributed by atoms with Crippen LogP contribution < -0.4 is 4.90 Å². The molecule has 8 heteroatoms. The molecule has 0 saturated heterocycles. The molecule has 0 radical (unpaired) electrons. The van der Waals surface area contributed by atoms with E-state index in [1.165, 1.54) is 0 Å². The van der Waals surface area contributed by atoms with Crippen LogP contribution in [-0.4, -0.2) is 28.6 Å². The summed E-state index contributed by atoms with van der Waals surface area (Å²) in [6.45, 7) is 1.88. The lowest BCUT2D eigenvalue weighted by atomic mass is 10.4. The first-order valence-electron chi connectivity index (χ1n) is 4.05. The summed E-state index contributed by atoms with van der Waals surface area (Å²) in [5.74, 6) is 0. The van der Waals surface area contributed by atoms with Crippen molar-refractivity contribution in [3.63, 3.8) is 0 Å². The Kier molecular flexibility index (Phi) is 3.93. The van der Waals surface area contributed by atoms with Gasteiger partial charge >= 0.3 is 6.18 Å². The third-order valence-electron chi connectivity index (χ3n) is 1.84. The Morgan fingerprint density at radius 2 is 2.07 bits per heavy atom. The summed E-state index contributed by atoms with van der Waals surface area (Å²) >= 11 is 3.80. The first kappa shape index (κ1) is 12.7. The Hall–Kier alpha value is -0.370. The van der Waals surface area contributed by atoms with Crippen LogP contribution in [0.1, 0.15) is 11.9 Å². The maximum Gasteiger partial charge on any atom is 0.445 e. The zero-order chi connectivity index (χ0) is 11.6. The maximum atomic E-state index is 12.2. The molecule has 3 nitrogen and oxygen atoms in total. The lowest BCUT2D eigenvalue weighted by Gasteiger charge is -2.21. The zero-order valence-corrected chi connectivity index (χ0v) is 10.4. The van der Waals surface area contributed by atoms with Crippen LogP contribution in [0.2, 0.25) is 0 Å².